The van der Waals surface area contributed by atoms with Crippen molar-refractivity contribution in [1.82, 2.24) is 0 Å². The summed E-state index contributed by atoms with van der Waals surface area (Å²) in [5.74, 6) is 0.988. The lowest BCUT2D eigenvalue weighted by atomic mass is 9.73. The van der Waals surface area contributed by atoms with E-state index in [0.717, 1.165) is 11.4 Å². The fourth-order valence-corrected chi connectivity index (χ4v) is 3.05. The second-order valence-electron chi connectivity index (χ2n) is 5.91. The van der Waals surface area contributed by atoms with Crippen LogP contribution in [0, 0.1) is 0 Å². The molecule has 0 bridgehead atoms. The largest absolute Gasteiger partial charge is 0.497 e. The zero-order valence-corrected chi connectivity index (χ0v) is 16.8. The van der Waals surface area contributed by atoms with Crippen LogP contribution in [-0.2, 0) is 5.67 Å². The van der Waals surface area contributed by atoms with Crippen LogP contribution in [0.15, 0.2) is 53.5 Å². The Bertz CT molecular complexity index is 765. The number of alkyl halides is 1. The molecule has 0 amide bonds. The van der Waals surface area contributed by atoms with Crippen LogP contribution in [-0.4, -0.2) is 19.1 Å². The molecule has 2 aromatic rings. The molecule has 7 heteroatoms. The van der Waals surface area contributed by atoms with Gasteiger partial charge >= 0.3 is 0 Å². The molecule has 2 aromatic carbocycles. The number of hydrogen-bond donors (Lipinski definition) is 2. The minimum Gasteiger partial charge on any atom is -0.497 e. The summed E-state index contributed by atoms with van der Waals surface area (Å²) in [4.78, 5) is 4.35. The standard InChI is InChI=1S/C18H19ClFN3O.HI/c1-24-16-7-3-6-14(9-16)22-17(21)23-15-10-18(20,11-15)12-4-2-5-13(19)8-12;/h2-9,15H,10-11H2,1H3,(H3,21,22,23);1H. The molecule has 1 aliphatic carbocycles. The maximum Gasteiger partial charge on any atom is 0.193 e. The molecule has 3 rings (SSSR count). The number of halogens is 3. The van der Waals surface area contributed by atoms with Gasteiger partial charge in [-0.1, -0.05) is 29.8 Å². The normalized spacial score (nSPS) is 22.5. The van der Waals surface area contributed by atoms with Crippen LogP contribution < -0.4 is 15.8 Å². The number of ether oxygens (including phenoxy) is 1. The Morgan fingerprint density at radius 2 is 2.00 bits per heavy atom. The van der Waals surface area contributed by atoms with E-state index in [9.17, 15) is 4.39 Å². The van der Waals surface area contributed by atoms with Crippen LogP contribution in [0.1, 0.15) is 18.4 Å². The van der Waals surface area contributed by atoms with E-state index in [-0.39, 0.29) is 36.0 Å². The summed E-state index contributed by atoms with van der Waals surface area (Å²) in [6, 6.07) is 14.1. The average molecular weight is 476 g/mol. The van der Waals surface area contributed by atoms with Gasteiger partial charge < -0.3 is 15.8 Å². The molecule has 1 saturated carbocycles. The van der Waals surface area contributed by atoms with E-state index in [2.05, 4.69) is 10.3 Å². The van der Waals surface area contributed by atoms with Gasteiger partial charge in [0.2, 0.25) is 0 Å². The van der Waals surface area contributed by atoms with E-state index in [4.69, 9.17) is 22.1 Å². The summed E-state index contributed by atoms with van der Waals surface area (Å²) >= 11 is 5.93. The lowest BCUT2D eigenvalue weighted by Crippen LogP contribution is -2.41. The zero-order chi connectivity index (χ0) is 17.2. The van der Waals surface area contributed by atoms with Crippen LogP contribution in [0.25, 0.3) is 0 Å². The Morgan fingerprint density at radius 1 is 1.28 bits per heavy atom. The van der Waals surface area contributed by atoms with Crippen LogP contribution >= 0.6 is 35.6 Å². The van der Waals surface area contributed by atoms with Crippen LogP contribution in [0.2, 0.25) is 5.02 Å². The highest BCUT2D eigenvalue weighted by atomic mass is 127. The van der Waals surface area contributed by atoms with E-state index >= 15 is 0 Å². The quantitative estimate of drug-likeness (QED) is 0.382. The molecule has 0 aromatic heterocycles. The number of guanidine groups is 1. The SMILES string of the molecule is COc1cccc(NC(N)=NC2CC(F)(c3cccc(Cl)c3)C2)c1.I. The van der Waals surface area contributed by atoms with Gasteiger partial charge in [0.25, 0.3) is 0 Å². The number of benzene rings is 2. The predicted octanol–water partition coefficient (Wildman–Crippen LogP) is 4.72. The fraction of sp³-hybridized carbons (Fsp3) is 0.278. The minimum absolute atomic E-state index is 0. The van der Waals surface area contributed by atoms with Crippen molar-refractivity contribution < 1.29 is 9.13 Å². The van der Waals surface area contributed by atoms with Gasteiger partial charge in [-0.3, -0.25) is 0 Å². The molecule has 0 saturated heterocycles. The topological polar surface area (TPSA) is 59.6 Å². The molecule has 3 N–H and O–H groups in total. The number of nitrogens with one attached hydrogen (secondary N) is 1. The lowest BCUT2D eigenvalue weighted by molar-refractivity contribution is 0.0415. The van der Waals surface area contributed by atoms with Crippen molar-refractivity contribution in [3.05, 3.63) is 59.1 Å². The molecule has 0 heterocycles. The van der Waals surface area contributed by atoms with Crippen LogP contribution in [0.5, 0.6) is 5.75 Å². The zero-order valence-electron chi connectivity index (χ0n) is 13.7. The third-order valence-corrected chi connectivity index (χ3v) is 4.36. The summed E-state index contributed by atoms with van der Waals surface area (Å²) in [5, 5.41) is 3.53. The van der Waals surface area contributed by atoms with Gasteiger partial charge in [0.05, 0.1) is 13.2 Å². The Balaban J connectivity index is 0.00000225. The molecule has 4 nitrogen and oxygen atoms in total. The van der Waals surface area contributed by atoms with Crippen molar-refractivity contribution in [2.24, 2.45) is 10.7 Å². The van der Waals surface area contributed by atoms with Crippen molar-refractivity contribution in [1.29, 1.82) is 0 Å². The van der Waals surface area contributed by atoms with Crippen LogP contribution in [0.4, 0.5) is 10.1 Å². The first-order chi connectivity index (χ1) is 11.5. The first-order valence-electron chi connectivity index (χ1n) is 7.68. The first kappa shape index (κ1) is 19.8. The number of nitrogens with two attached hydrogens (primary N) is 1. The predicted molar refractivity (Wildman–Crippen MR) is 111 cm³/mol. The third kappa shape index (κ3) is 4.76. The Kier molecular flexibility index (Phi) is 6.51. The minimum atomic E-state index is -1.38. The maximum absolute atomic E-state index is 14.8. The molecule has 1 fully saturated rings. The molecule has 134 valence electrons. The fourth-order valence-electron chi connectivity index (χ4n) is 2.86. The number of rotatable bonds is 4. The molecule has 0 radical (unpaired) electrons. The number of methoxy groups -OCH3 is 1. The molecule has 0 aliphatic heterocycles. The Hall–Kier alpha value is -1.54. The maximum atomic E-state index is 14.8. The van der Waals surface area contributed by atoms with Crippen molar-refractivity contribution in [2.75, 3.05) is 12.4 Å². The van der Waals surface area contributed by atoms with Gasteiger partial charge in [0.1, 0.15) is 11.4 Å². The van der Waals surface area contributed by atoms with E-state index in [1.54, 1.807) is 31.4 Å². The van der Waals surface area contributed by atoms with Gasteiger partial charge in [0.15, 0.2) is 5.96 Å². The van der Waals surface area contributed by atoms with Gasteiger partial charge in [-0.05, 0) is 29.8 Å². The molecule has 25 heavy (non-hydrogen) atoms. The van der Waals surface area contributed by atoms with Crippen molar-refractivity contribution in [2.45, 2.75) is 24.6 Å². The number of anilines is 1. The molecule has 0 unspecified atom stereocenters. The van der Waals surface area contributed by atoms with Crippen molar-refractivity contribution in [3.63, 3.8) is 0 Å². The summed E-state index contributed by atoms with van der Waals surface area (Å²) in [6.45, 7) is 0. The second-order valence-corrected chi connectivity index (χ2v) is 6.35. The second kappa shape index (κ2) is 8.23. The van der Waals surface area contributed by atoms with E-state index in [1.807, 2.05) is 24.3 Å². The van der Waals surface area contributed by atoms with E-state index in [0.29, 0.717) is 23.4 Å². The number of nitrogens with zero attached hydrogens (tertiary/aromatic N) is 1. The monoisotopic (exact) mass is 475 g/mol. The van der Waals surface area contributed by atoms with Crippen LogP contribution in [0.3, 0.4) is 0 Å². The van der Waals surface area contributed by atoms with Gasteiger partial charge in [0, 0.05) is 29.6 Å². The molecule has 0 spiro atoms. The average Bonchev–Trinajstić information content (AvgIpc) is 2.53. The van der Waals surface area contributed by atoms with E-state index in [1.165, 1.54) is 0 Å². The number of aliphatic imine (C=N–C) groups is 1. The highest BCUT2D eigenvalue weighted by Gasteiger charge is 2.46. The number of hydrogen-bond acceptors (Lipinski definition) is 2. The van der Waals surface area contributed by atoms with Gasteiger partial charge in [-0.15, -0.1) is 24.0 Å². The summed E-state index contributed by atoms with van der Waals surface area (Å²) in [6.07, 6.45) is 0.599. The van der Waals surface area contributed by atoms with Gasteiger partial charge in [-0.2, -0.15) is 0 Å². The summed E-state index contributed by atoms with van der Waals surface area (Å²) in [7, 11) is 1.60. The van der Waals surface area contributed by atoms with Gasteiger partial charge in [-0.25, -0.2) is 9.38 Å². The lowest BCUT2D eigenvalue weighted by Gasteiger charge is -2.39. The van der Waals surface area contributed by atoms with Crippen molar-refractivity contribution >= 4 is 47.2 Å². The third-order valence-electron chi connectivity index (χ3n) is 4.12. The molecule has 0 atom stereocenters. The highest BCUT2D eigenvalue weighted by molar-refractivity contribution is 14.0. The highest BCUT2D eigenvalue weighted by Crippen LogP contribution is 2.47. The molecular formula is C18H20ClFIN3O. The smallest absolute Gasteiger partial charge is 0.193 e. The Labute approximate surface area is 168 Å². The molecule has 1 aliphatic rings. The Morgan fingerprint density at radius 3 is 2.68 bits per heavy atom. The first-order valence-corrected chi connectivity index (χ1v) is 8.06. The summed E-state index contributed by atoms with van der Waals surface area (Å²) in [5.41, 5.74) is 5.91. The molecular weight excluding hydrogens is 456 g/mol. The van der Waals surface area contributed by atoms with E-state index < -0.39 is 5.67 Å². The summed E-state index contributed by atoms with van der Waals surface area (Å²) < 4.78 is 20.0. The van der Waals surface area contributed by atoms with Crippen molar-refractivity contribution in [3.8, 4) is 5.75 Å².